The van der Waals surface area contributed by atoms with Crippen LogP contribution in [-0.4, -0.2) is 63.1 Å². The van der Waals surface area contributed by atoms with Gasteiger partial charge in [0.1, 0.15) is 13.4 Å². The molecule has 0 bridgehead atoms. The molecule has 2 N–H and O–H groups in total. The number of hydrogen-bond donors (Lipinski definition) is 2. The van der Waals surface area contributed by atoms with Gasteiger partial charge in [0, 0.05) is 25.0 Å². The quantitative estimate of drug-likeness (QED) is 0.261. The van der Waals surface area contributed by atoms with Crippen LogP contribution in [0.3, 0.4) is 0 Å². The van der Waals surface area contributed by atoms with Crippen molar-refractivity contribution in [3.05, 3.63) is 89.5 Å². The van der Waals surface area contributed by atoms with Gasteiger partial charge in [-0.25, -0.2) is 13.2 Å². The number of unbranched alkanes of at least 4 members (excludes halogenated alkanes) is 1. The number of aliphatic hydroxyl groups is 1. The van der Waals surface area contributed by atoms with Crippen LogP contribution in [0.25, 0.3) is 11.1 Å². The van der Waals surface area contributed by atoms with Crippen molar-refractivity contribution >= 4 is 22.9 Å². The molecule has 9 heteroatoms. The molecule has 0 radical (unpaired) electrons. The van der Waals surface area contributed by atoms with E-state index in [2.05, 4.69) is 29.6 Å². The molecule has 0 unspecified atom stereocenters. The lowest BCUT2D eigenvalue weighted by Crippen LogP contribution is -2.43. The first-order valence-electron chi connectivity index (χ1n) is 14.5. The highest BCUT2D eigenvalue weighted by Crippen LogP contribution is 2.44. The number of aryl methyl sites for hydroxylation is 1. The van der Waals surface area contributed by atoms with Crippen molar-refractivity contribution in [2.24, 2.45) is 5.92 Å². The average Bonchev–Trinajstić information content (AvgIpc) is 3.78. The molecule has 3 aromatic carbocycles. The van der Waals surface area contributed by atoms with Gasteiger partial charge >= 0.3 is 6.09 Å². The van der Waals surface area contributed by atoms with E-state index in [0.29, 0.717) is 38.3 Å². The highest BCUT2D eigenvalue weighted by Gasteiger charge is 2.36. The number of nitrogens with one attached hydrogen (secondary N) is 1. The van der Waals surface area contributed by atoms with Crippen LogP contribution in [0.4, 0.5) is 4.79 Å². The van der Waals surface area contributed by atoms with E-state index in [9.17, 15) is 18.3 Å². The summed E-state index contributed by atoms with van der Waals surface area (Å²) < 4.78 is 34.0. The molecule has 5 rings (SSSR count). The fourth-order valence-electron chi connectivity index (χ4n) is 5.52. The number of rotatable bonds is 13. The van der Waals surface area contributed by atoms with Gasteiger partial charge in [-0.3, -0.25) is 0 Å². The van der Waals surface area contributed by atoms with Crippen LogP contribution in [0.5, 0.6) is 0 Å². The van der Waals surface area contributed by atoms with Gasteiger partial charge in [0.2, 0.25) is 10.0 Å². The van der Waals surface area contributed by atoms with Gasteiger partial charge in [-0.1, -0.05) is 72.6 Å². The summed E-state index contributed by atoms with van der Waals surface area (Å²) in [5, 5.41) is 13.0. The summed E-state index contributed by atoms with van der Waals surface area (Å²) in [6, 6.07) is 22.8. The van der Waals surface area contributed by atoms with Crippen LogP contribution in [0.1, 0.15) is 54.7 Å². The van der Waals surface area contributed by atoms with Crippen molar-refractivity contribution in [2.75, 3.05) is 26.3 Å². The Morgan fingerprint density at radius 1 is 0.976 bits per heavy atom. The van der Waals surface area contributed by atoms with E-state index >= 15 is 0 Å². The van der Waals surface area contributed by atoms with Crippen LogP contribution >= 0.6 is 0 Å². The van der Waals surface area contributed by atoms with Crippen molar-refractivity contribution in [1.29, 1.82) is 0 Å². The molecule has 3 aromatic rings. The van der Waals surface area contributed by atoms with Gasteiger partial charge in [0.05, 0.1) is 11.5 Å². The van der Waals surface area contributed by atoms with Gasteiger partial charge in [-0.2, -0.15) is 4.31 Å². The Hall–Kier alpha value is -3.53. The number of ether oxygens (including phenoxy) is 1. The third kappa shape index (κ3) is 7.45. The van der Waals surface area contributed by atoms with Crippen LogP contribution in [0.15, 0.2) is 77.7 Å². The fourth-order valence-corrected chi connectivity index (χ4v) is 7.24. The van der Waals surface area contributed by atoms with Crippen LogP contribution in [0.2, 0.25) is 0 Å². The third-order valence-electron chi connectivity index (χ3n) is 7.96. The molecule has 2 aliphatic rings. The largest absolute Gasteiger partial charge is 0.449 e. The number of aliphatic hydroxyl groups excluding tert-OH is 1. The zero-order valence-electron chi connectivity index (χ0n) is 24.1. The predicted octanol–water partition coefficient (Wildman–Crippen LogP) is 5.28. The van der Waals surface area contributed by atoms with Crippen molar-refractivity contribution in [3.63, 3.8) is 0 Å². The first-order valence-corrected chi connectivity index (χ1v) is 15.9. The standard InChI is InChI=1S/C32H38N2O5S.CH2O/c1-23-13-17-26(18-14-23)40(37,38)34(20-24-15-16-24)25(21-35)8-6-7-19-33-32(36)39-22-31-29-11-4-2-9-27(29)28-10-3-5-12-30(28)31;1-2/h2-5,9-14,17-18,24-25,31,35H,6-8,15-16,19-22H2,1H3,(H,33,36);1H2/t25-;/m0./s1. The number of alkyl carbamates (subject to hydrolysis) is 1. The molecule has 0 heterocycles. The first kappa shape index (κ1) is 31.4. The maximum Gasteiger partial charge on any atom is 0.407 e. The summed E-state index contributed by atoms with van der Waals surface area (Å²) in [6.45, 7) is 4.80. The Bertz CT molecular complexity index is 1390. The molecule has 224 valence electrons. The smallest absolute Gasteiger partial charge is 0.407 e. The van der Waals surface area contributed by atoms with E-state index in [1.165, 1.54) is 26.6 Å². The maximum absolute atomic E-state index is 13.5. The number of nitrogens with zero attached hydrogens (tertiary/aromatic N) is 1. The van der Waals surface area contributed by atoms with E-state index in [0.717, 1.165) is 18.4 Å². The average molecular weight is 593 g/mol. The summed E-state index contributed by atoms with van der Waals surface area (Å²) in [7, 11) is -3.71. The number of carbonyl (C=O) groups excluding carboxylic acids is 2. The Labute approximate surface area is 248 Å². The SMILES string of the molecule is C=O.Cc1ccc(S(=O)(=O)N(CC2CC2)[C@H](CO)CCCCNC(=O)OCC2c3ccccc3-c3ccccc32)cc1. The normalized spacial score (nSPS) is 14.8. The van der Waals surface area contributed by atoms with Crippen LogP contribution < -0.4 is 5.32 Å². The molecule has 2 aliphatic carbocycles. The Morgan fingerprint density at radius 2 is 1.57 bits per heavy atom. The summed E-state index contributed by atoms with van der Waals surface area (Å²) in [5.41, 5.74) is 5.71. The second-order valence-electron chi connectivity index (χ2n) is 10.9. The van der Waals surface area contributed by atoms with Crippen molar-refractivity contribution in [1.82, 2.24) is 9.62 Å². The first-order chi connectivity index (χ1) is 20.4. The molecule has 0 aromatic heterocycles. The lowest BCUT2D eigenvalue weighted by atomic mass is 9.98. The maximum atomic E-state index is 13.5. The van der Waals surface area contributed by atoms with Gasteiger partial charge in [0.25, 0.3) is 0 Å². The lowest BCUT2D eigenvalue weighted by Gasteiger charge is -2.30. The Morgan fingerprint density at radius 3 is 2.14 bits per heavy atom. The second kappa shape index (κ2) is 14.6. The molecular formula is C33H40N2O6S. The number of amides is 1. The van der Waals surface area contributed by atoms with Crippen LogP contribution in [-0.2, 0) is 19.6 Å². The molecule has 1 fully saturated rings. The van der Waals surface area contributed by atoms with E-state index in [4.69, 9.17) is 9.53 Å². The molecule has 1 atom stereocenters. The highest BCUT2D eigenvalue weighted by atomic mass is 32.2. The molecule has 0 saturated heterocycles. The summed E-state index contributed by atoms with van der Waals surface area (Å²) in [5.74, 6) is 0.362. The Kier molecular flexibility index (Phi) is 10.9. The van der Waals surface area contributed by atoms with Gasteiger partial charge in [0.15, 0.2) is 0 Å². The molecule has 8 nitrogen and oxygen atoms in total. The zero-order valence-corrected chi connectivity index (χ0v) is 24.9. The van der Waals surface area contributed by atoms with Crippen LogP contribution in [0, 0.1) is 12.8 Å². The molecule has 1 saturated carbocycles. The topological polar surface area (TPSA) is 113 Å². The predicted molar refractivity (Wildman–Crippen MR) is 163 cm³/mol. The minimum Gasteiger partial charge on any atom is -0.449 e. The number of benzene rings is 3. The van der Waals surface area contributed by atoms with E-state index in [1.807, 2.05) is 38.0 Å². The van der Waals surface area contributed by atoms with Crippen molar-refractivity contribution in [3.8, 4) is 11.1 Å². The minimum atomic E-state index is -3.71. The monoisotopic (exact) mass is 592 g/mol. The van der Waals surface area contributed by atoms with Crippen molar-refractivity contribution < 1.29 is 27.9 Å². The van der Waals surface area contributed by atoms with E-state index in [1.54, 1.807) is 24.3 Å². The van der Waals surface area contributed by atoms with E-state index < -0.39 is 22.2 Å². The molecule has 42 heavy (non-hydrogen) atoms. The molecule has 0 spiro atoms. The molecule has 0 aliphatic heterocycles. The lowest BCUT2D eigenvalue weighted by molar-refractivity contribution is -0.0980. The summed E-state index contributed by atoms with van der Waals surface area (Å²) in [4.78, 5) is 20.7. The van der Waals surface area contributed by atoms with Gasteiger partial charge in [-0.15, -0.1) is 0 Å². The highest BCUT2D eigenvalue weighted by molar-refractivity contribution is 7.89. The second-order valence-corrected chi connectivity index (χ2v) is 12.8. The fraction of sp³-hybridized carbons (Fsp3) is 0.394. The third-order valence-corrected chi connectivity index (χ3v) is 9.89. The van der Waals surface area contributed by atoms with Crippen molar-refractivity contribution in [2.45, 2.75) is 55.9 Å². The number of sulfonamides is 1. The minimum absolute atomic E-state index is 0.0105. The van der Waals surface area contributed by atoms with E-state index in [-0.39, 0.29) is 24.0 Å². The van der Waals surface area contributed by atoms with Gasteiger partial charge < -0.3 is 20.0 Å². The number of carbonyl (C=O) groups is 2. The summed E-state index contributed by atoms with van der Waals surface area (Å²) in [6.07, 6.45) is 3.41. The Balaban J connectivity index is 0.00000198. The molecular weight excluding hydrogens is 552 g/mol. The summed E-state index contributed by atoms with van der Waals surface area (Å²) >= 11 is 0. The van der Waals surface area contributed by atoms with Gasteiger partial charge in [-0.05, 0) is 72.9 Å². The zero-order chi connectivity index (χ0) is 30.1. The number of fused-ring (bicyclic) bond motifs is 3. The number of hydrogen-bond acceptors (Lipinski definition) is 6. The molecule has 1 amide bonds.